The van der Waals surface area contributed by atoms with Gasteiger partial charge in [-0.2, -0.15) is 5.10 Å². The molecule has 1 heterocycles. The van der Waals surface area contributed by atoms with Crippen molar-refractivity contribution < 1.29 is 24.0 Å². The monoisotopic (exact) mass is 411 g/mol. The van der Waals surface area contributed by atoms with Crippen molar-refractivity contribution in [2.24, 2.45) is 5.10 Å². The summed E-state index contributed by atoms with van der Waals surface area (Å²) in [7, 11) is 1.66. The van der Waals surface area contributed by atoms with Crippen LogP contribution in [0.1, 0.15) is 21.5 Å². The number of hydrazone groups is 1. The van der Waals surface area contributed by atoms with Gasteiger partial charge in [-0.25, -0.2) is 5.43 Å². The van der Waals surface area contributed by atoms with Crippen LogP contribution in [0.15, 0.2) is 53.6 Å². The number of carbonyl (C=O) groups excluding carboxylic acids is 2. The Hall–Kier alpha value is -3.23. The third-order valence-corrected chi connectivity index (χ3v) is 4.79. The maximum Gasteiger partial charge on any atom is 0.259 e. The second kappa shape index (κ2) is 11.1. The predicted molar refractivity (Wildman–Crippen MR) is 113 cm³/mol. The van der Waals surface area contributed by atoms with Gasteiger partial charge in [-0.15, -0.1) is 0 Å². The highest BCUT2D eigenvalue weighted by atomic mass is 16.5. The Kier molecular flexibility index (Phi) is 7.94. The molecule has 1 fully saturated rings. The molecule has 158 valence electrons. The number of quaternary nitrogens is 1. The van der Waals surface area contributed by atoms with Gasteiger partial charge in [-0.05, 0) is 35.9 Å². The standard InChI is InChI=1S/C22H26N4O4/c1-29-20-8-7-17(13-19(20)16-26-9-11-30-12-10-26)14-24-25-21(27)15-23-22(28)18-5-3-2-4-6-18/h2-8,13-14H,9-12,15-16H2,1H3,(H,23,28)(H,25,27)/p+1/b24-14-. The van der Waals surface area contributed by atoms with E-state index in [0.29, 0.717) is 5.56 Å². The molecular weight excluding hydrogens is 384 g/mol. The van der Waals surface area contributed by atoms with Crippen molar-refractivity contribution in [3.8, 4) is 5.75 Å². The number of hydrogen-bond donors (Lipinski definition) is 3. The molecule has 1 saturated heterocycles. The van der Waals surface area contributed by atoms with E-state index < -0.39 is 5.91 Å². The van der Waals surface area contributed by atoms with Crippen LogP contribution in [-0.2, 0) is 16.1 Å². The van der Waals surface area contributed by atoms with Crippen molar-refractivity contribution in [3.63, 3.8) is 0 Å². The van der Waals surface area contributed by atoms with Gasteiger partial charge in [0.05, 0.1) is 33.1 Å². The summed E-state index contributed by atoms with van der Waals surface area (Å²) in [5, 5.41) is 6.55. The number of carbonyl (C=O) groups is 2. The maximum atomic E-state index is 12.0. The van der Waals surface area contributed by atoms with E-state index in [9.17, 15) is 9.59 Å². The van der Waals surface area contributed by atoms with Crippen molar-refractivity contribution in [1.82, 2.24) is 10.7 Å². The van der Waals surface area contributed by atoms with Gasteiger partial charge < -0.3 is 19.7 Å². The smallest absolute Gasteiger partial charge is 0.259 e. The molecule has 2 amide bonds. The van der Waals surface area contributed by atoms with Crippen LogP contribution in [0.5, 0.6) is 5.75 Å². The van der Waals surface area contributed by atoms with E-state index in [2.05, 4.69) is 15.8 Å². The van der Waals surface area contributed by atoms with Gasteiger partial charge in [-0.3, -0.25) is 9.59 Å². The summed E-state index contributed by atoms with van der Waals surface area (Å²) in [4.78, 5) is 25.3. The van der Waals surface area contributed by atoms with Gasteiger partial charge >= 0.3 is 0 Å². The third-order valence-electron chi connectivity index (χ3n) is 4.79. The fraction of sp³-hybridized carbons (Fsp3) is 0.318. The normalized spacial score (nSPS) is 14.4. The van der Waals surface area contributed by atoms with E-state index in [1.165, 1.54) is 4.90 Å². The summed E-state index contributed by atoms with van der Waals surface area (Å²) in [5.41, 5.74) is 4.87. The highest BCUT2D eigenvalue weighted by Crippen LogP contribution is 2.18. The van der Waals surface area contributed by atoms with Crippen LogP contribution in [0.25, 0.3) is 0 Å². The van der Waals surface area contributed by atoms with E-state index in [1.807, 2.05) is 24.3 Å². The van der Waals surface area contributed by atoms with Gasteiger partial charge in [-0.1, -0.05) is 18.2 Å². The average molecular weight is 411 g/mol. The molecule has 0 saturated carbocycles. The molecule has 2 aromatic rings. The lowest BCUT2D eigenvalue weighted by Gasteiger charge is -2.24. The quantitative estimate of drug-likeness (QED) is 0.421. The molecule has 0 bridgehead atoms. The largest absolute Gasteiger partial charge is 0.496 e. The number of morpholine rings is 1. The van der Waals surface area contributed by atoms with E-state index in [1.54, 1.807) is 37.6 Å². The molecule has 30 heavy (non-hydrogen) atoms. The lowest BCUT2D eigenvalue weighted by atomic mass is 10.1. The molecule has 0 spiro atoms. The van der Waals surface area contributed by atoms with E-state index in [0.717, 1.165) is 49.7 Å². The number of methoxy groups -OCH3 is 1. The van der Waals surface area contributed by atoms with Crippen molar-refractivity contribution in [1.29, 1.82) is 0 Å². The number of benzene rings is 2. The van der Waals surface area contributed by atoms with Gasteiger partial charge in [0.15, 0.2) is 0 Å². The number of hydrogen-bond acceptors (Lipinski definition) is 5. The zero-order chi connectivity index (χ0) is 21.2. The van der Waals surface area contributed by atoms with Gasteiger partial charge in [0.2, 0.25) is 0 Å². The molecular formula is C22H27N4O4+. The Morgan fingerprint density at radius 2 is 1.93 bits per heavy atom. The highest BCUT2D eigenvalue weighted by Gasteiger charge is 2.16. The van der Waals surface area contributed by atoms with E-state index >= 15 is 0 Å². The first-order valence-electron chi connectivity index (χ1n) is 9.89. The molecule has 2 aromatic carbocycles. The fourth-order valence-electron chi connectivity index (χ4n) is 3.19. The Bertz CT molecular complexity index is 880. The van der Waals surface area contributed by atoms with Crippen LogP contribution in [0, 0.1) is 0 Å². The van der Waals surface area contributed by atoms with Crippen LogP contribution in [-0.4, -0.2) is 58.0 Å². The summed E-state index contributed by atoms with van der Waals surface area (Å²) in [6.45, 7) is 4.15. The zero-order valence-corrected chi connectivity index (χ0v) is 17.0. The van der Waals surface area contributed by atoms with Crippen LogP contribution in [0.2, 0.25) is 0 Å². The number of nitrogens with one attached hydrogen (secondary N) is 3. The zero-order valence-electron chi connectivity index (χ0n) is 17.0. The number of nitrogens with zero attached hydrogens (tertiary/aromatic N) is 1. The number of rotatable bonds is 8. The molecule has 0 aromatic heterocycles. The van der Waals surface area contributed by atoms with Crippen molar-refractivity contribution in [2.45, 2.75) is 6.54 Å². The van der Waals surface area contributed by atoms with Gasteiger partial charge in [0.25, 0.3) is 11.8 Å². The molecule has 1 aliphatic rings. The fourth-order valence-corrected chi connectivity index (χ4v) is 3.19. The minimum Gasteiger partial charge on any atom is -0.496 e. The second-order valence-electron chi connectivity index (χ2n) is 6.95. The Balaban J connectivity index is 1.51. The topological polar surface area (TPSA) is 93.5 Å². The van der Waals surface area contributed by atoms with Crippen molar-refractivity contribution in [3.05, 3.63) is 65.2 Å². The van der Waals surface area contributed by atoms with Crippen molar-refractivity contribution >= 4 is 18.0 Å². The molecule has 0 radical (unpaired) electrons. The second-order valence-corrected chi connectivity index (χ2v) is 6.95. The van der Waals surface area contributed by atoms with Crippen LogP contribution < -0.4 is 20.4 Å². The predicted octanol–water partition coefficient (Wildman–Crippen LogP) is -0.00960. The Morgan fingerprint density at radius 1 is 1.17 bits per heavy atom. The number of ether oxygens (including phenoxy) is 2. The Labute approximate surface area is 175 Å². The summed E-state index contributed by atoms with van der Waals surface area (Å²) >= 11 is 0. The lowest BCUT2D eigenvalue weighted by Crippen LogP contribution is -3.12. The molecule has 3 rings (SSSR count). The maximum absolute atomic E-state index is 12.0. The minimum atomic E-state index is -0.401. The molecule has 0 aliphatic carbocycles. The Morgan fingerprint density at radius 3 is 2.67 bits per heavy atom. The summed E-state index contributed by atoms with van der Waals surface area (Å²) in [6.07, 6.45) is 1.58. The van der Waals surface area contributed by atoms with Gasteiger partial charge in [0.1, 0.15) is 25.4 Å². The molecule has 3 N–H and O–H groups in total. The first-order valence-corrected chi connectivity index (χ1v) is 9.89. The summed E-state index contributed by atoms with van der Waals surface area (Å²) in [6, 6.07) is 14.5. The summed E-state index contributed by atoms with van der Waals surface area (Å²) < 4.78 is 10.9. The molecule has 8 heteroatoms. The third kappa shape index (κ3) is 6.40. The highest BCUT2D eigenvalue weighted by molar-refractivity contribution is 5.96. The van der Waals surface area contributed by atoms with E-state index in [-0.39, 0.29) is 12.5 Å². The average Bonchev–Trinajstić information content (AvgIpc) is 2.79. The van der Waals surface area contributed by atoms with Crippen LogP contribution in [0.3, 0.4) is 0 Å². The number of amides is 2. The van der Waals surface area contributed by atoms with Crippen molar-refractivity contribution in [2.75, 3.05) is 40.0 Å². The molecule has 0 unspecified atom stereocenters. The summed E-state index contributed by atoms with van der Waals surface area (Å²) in [5.74, 6) is 0.126. The lowest BCUT2D eigenvalue weighted by molar-refractivity contribution is -0.921. The van der Waals surface area contributed by atoms with Gasteiger partial charge in [0, 0.05) is 11.1 Å². The minimum absolute atomic E-state index is 0.153. The molecule has 1 aliphatic heterocycles. The van der Waals surface area contributed by atoms with Crippen LogP contribution >= 0.6 is 0 Å². The van der Waals surface area contributed by atoms with E-state index in [4.69, 9.17) is 9.47 Å². The first kappa shape index (κ1) is 21.5. The SMILES string of the molecule is COc1ccc(/C=N\NC(=O)CNC(=O)c2ccccc2)cc1C[NH+]1CCOCC1. The molecule has 8 nitrogen and oxygen atoms in total. The first-order chi connectivity index (χ1) is 14.7. The van der Waals surface area contributed by atoms with Crippen LogP contribution in [0.4, 0.5) is 0 Å². The molecule has 0 atom stereocenters.